The molecule has 0 radical (unpaired) electrons. The van der Waals surface area contributed by atoms with Gasteiger partial charge in [-0.1, -0.05) is 0 Å². The Morgan fingerprint density at radius 3 is 2.68 bits per heavy atom. The number of aromatic nitrogens is 1. The van der Waals surface area contributed by atoms with E-state index in [0.717, 1.165) is 28.8 Å². The molecule has 1 aliphatic rings. The summed E-state index contributed by atoms with van der Waals surface area (Å²) in [7, 11) is 3.79. The van der Waals surface area contributed by atoms with Gasteiger partial charge >= 0.3 is 0 Å². The fourth-order valence-electron chi connectivity index (χ4n) is 2.95. The Hall–Kier alpha value is -0.890. The van der Waals surface area contributed by atoms with Gasteiger partial charge in [-0.2, -0.15) is 0 Å². The van der Waals surface area contributed by atoms with Crippen LogP contribution in [0.2, 0.25) is 0 Å². The van der Waals surface area contributed by atoms with E-state index >= 15 is 0 Å². The van der Waals surface area contributed by atoms with Crippen molar-refractivity contribution in [3.05, 3.63) is 21.9 Å². The van der Waals surface area contributed by atoms with E-state index in [1.165, 1.54) is 12.8 Å². The predicted molar refractivity (Wildman–Crippen MR) is 98.0 cm³/mol. The SMILES string of the molecule is CNC(=O)CNC1CCC(CN(C)c2ccc(I)cn2)CC1. The Kier molecular flexibility index (Phi) is 6.88. The van der Waals surface area contributed by atoms with Crippen molar-refractivity contribution >= 4 is 34.3 Å². The summed E-state index contributed by atoms with van der Waals surface area (Å²) in [5.74, 6) is 1.82. The van der Waals surface area contributed by atoms with Crippen molar-refractivity contribution in [3.8, 4) is 0 Å². The van der Waals surface area contributed by atoms with Gasteiger partial charge in [-0.3, -0.25) is 4.79 Å². The fraction of sp³-hybridized carbons (Fsp3) is 0.625. The van der Waals surface area contributed by atoms with Gasteiger partial charge in [0.2, 0.25) is 5.91 Å². The van der Waals surface area contributed by atoms with Crippen molar-refractivity contribution in [2.24, 2.45) is 5.92 Å². The Balaban J connectivity index is 1.72. The van der Waals surface area contributed by atoms with Crippen LogP contribution in [0.15, 0.2) is 18.3 Å². The number of nitrogens with one attached hydrogen (secondary N) is 2. The number of rotatable bonds is 6. The summed E-state index contributed by atoms with van der Waals surface area (Å²) in [5, 5.41) is 5.99. The monoisotopic (exact) mass is 416 g/mol. The Morgan fingerprint density at radius 2 is 2.09 bits per heavy atom. The first-order chi connectivity index (χ1) is 10.6. The lowest BCUT2D eigenvalue weighted by Crippen LogP contribution is -2.41. The van der Waals surface area contributed by atoms with Gasteiger partial charge in [0.15, 0.2) is 0 Å². The molecule has 1 aliphatic carbocycles. The van der Waals surface area contributed by atoms with E-state index in [1.807, 2.05) is 6.20 Å². The Morgan fingerprint density at radius 1 is 1.36 bits per heavy atom. The molecule has 1 saturated carbocycles. The van der Waals surface area contributed by atoms with E-state index in [0.29, 0.717) is 18.5 Å². The van der Waals surface area contributed by atoms with Gasteiger partial charge in [0.05, 0.1) is 6.54 Å². The second-order valence-electron chi connectivity index (χ2n) is 5.99. The van der Waals surface area contributed by atoms with Crippen LogP contribution in [-0.4, -0.2) is 44.1 Å². The van der Waals surface area contributed by atoms with Crippen LogP contribution in [0.5, 0.6) is 0 Å². The smallest absolute Gasteiger partial charge is 0.233 e. The molecule has 0 spiro atoms. The number of carbonyl (C=O) groups is 1. The van der Waals surface area contributed by atoms with Crippen LogP contribution in [0.3, 0.4) is 0 Å². The maximum absolute atomic E-state index is 11.3. The third-order valence-electron chi connectivity index (χ3n) is 4.31. The van der Waals surface area contributed by atoms with Crippen molar-refractivity contribution in [2.45, 2.75) is 31.7 Å². The fourth-order valence-corrected chi connectivity index (χ4v) is 3.27. The van der Waals surface area contributed by atoms with E-state index in [2.05, 4.69) is 62.3 Å². The molecule has 2 N–H and O–H groups in total. The molecule has 0 unspecified atom stereocenters. The molecule has 1 aromatic rings. The van der Waals surface area contributed by atoms with Gasteiger partial charge in [-0.05, 0) is 66.3 Å². The number of anilines is 1. The van der Waals surface area contributed by atoms with Crippen LogP contribution >= 0.6 is 22.6 Å². The lowest BCUT2D eigenvalue weighted by atomic mass is 9.85. The molecule has 1 aromatic heterocycles. The van der Waals surface area contributed by atoms with Crippen LogP contribution in [-0.2, 0) is 4.79 Å². The molecule has 1 heterocycles. The molecule has 0 atom stereocenters. The summed E-state index contributed by atoms with van der Waals surface area (Å²) >= 11 is 2.28. The Bertz CT molecular complexity index is 472. The topological polar surface area (TPSA) is 57.3 Å². The van der Waals surface area contributed by atoms with Crippen molar-refractivity contribution in [2.75, 3.05) is 32.1 Å². The van der Waals surface area contributed by atoms with Crippen LogP contribution in [0, 0.1) is 9.49 Å². The van der Waals surface area contributed by atoms with Gasteiger partial charge in [0.25, 0.3) is 0 Å². The molecule has 0 bridgehead atoms. The zero-order chi connectivity index (χ0) is 15.9. The molecule has 0 aromatic carbocycles. The first-order valence-electron chi connectivity index (χ1n) is 7.85. The van der Waals surface area contributed by atoms with Gasteiger partial charge in [-0.15, -0.1) is 0 Å². The zero-order valence-electron chi connectivity index (χ0n) is 13.3. The number of hydrogen-bond donors (Lipinski definition) is 2. The molecule has 6 heteroatoms. The predicted octanol–water partition coefficient (Wildman–Crippen LogP) is 2.02. The average molecular weight is 416 g/mol. The molecular weight excluding hydrogens is 391 g/mol. The molecule has 0 aliphatic heterocycles. The molecule has 0 saturated heterocycles. The first-order valence-corrected chi connectivity index (χ1v) is 8.93. The summed E-state index contributed by atoms with van der Waals surface area (Å²) < 4.78 is 1.16. The van der Waals surface area contributed by atoms with Crippen molar-refractivity contribution < 1.29 is 4.79 Å². The number of carbonyl (C=O) groups excluding carboxylic acids is 1. The van der Waals surface area contributed by atoms with Gasteiger partial charge < -0.3 is 15.5 Å². The molecular formula is C16H25IN4O. The van der Waals surface area contributed by atoms with Crippen molar-refractivity contribution in [1.82, 2.24) is 15.6 Å². The number of nitrogens with zero attached hydrogens (tertiary/aromatic N) is 2. The van der Waals surface area contributed by atoms with Crippen LogP contribution < -0.4 is 15.5 Å². The van der Waals surface area contributed by atoms with Crippen molar-refractivity contribution in [1.29, 1.82) is 0 Å². The third-order valence-corrected chi connectivity index (χ3v) is 4.95. The van der Waals surface area contributed by atoms with Crippen LogP contribution in [0.1, 0.15) is 25.7 Å². The maximum Gasteiger partial charge on any atom is 0.233 e. The number of halogens is 1. The van der Waals surface area contributed by atoms with Crippen LogP contribution in [0.4, 0.5) is 5.82 Å². The standard InChI is InChI=1S/C16H25IN4O/c1-18-16(22)10-19-14-6-3-12(4-7-14)11-21(2)15-8-5-13(17)9-20-15/h5,8-9,12,14,19H,3-4,6-7,10-11H2,1-2H3,(H,18,22). The first kappa shape index (κ1) is 17.5. The minimum atomic E-state index is 0.0617. The maximum atomic E-state index is 11.3. The van der Waals surface area contributed by atoms with E-state index in [1.54, 1.807) is 7.05 Å². The molecule has 5 nitrogen and oxygen atoms in total. The van der Waals surface area contributed by atoms with E-state index < -0.39 is 0 Å². The van der Waals surface area contributed by atoms with Gasteiger partial charge in [0, 0.05) is 36.4 Å². The minimum Gasteiger partial charge on any atom is -0.359 e. The highest BCUT2D eigenvalue weighted by Crippen LogP contribution is 2.26. The van der Waals surface area contributed by atoms with Crippen LogP contribution in [0.25, 0.3) is 0 Å². The quantitative estimate of drug-likeness (QED) is 0.697. The highest BCUT2D eigenvalue weighted by atomic mass is 127. The Labute approximate surface area is 146 Å². The van der Waals surface area contributed by atoms with E-state index in [4.69, 9.17) is 0 Å². The van der Waals surface area contributed by atoms with Crippen molar-refractivity contribution in [3.63, 3.8) is 0 Å². The zero-order valence-corrected chi connectivity index (χ0v) is 15.5. The molecule has 1 fully saturated rings. The third kappa shape index (κ3) is 5.39. The lowest BCUT2D eigenvalue weighted by Gasteiger charge is -2.32. The van der Waals surface area contributed by atoms with E-state index in [-0.39, 0.29) is 5.91 Å². The number of hydrogen-bond acceptors (Lipinski definition) is 4. The second kappa shape index (κ2) is 8.67. The molecule has 2 rings (SSSR count). The average Bonchev–Trinajstić information content (AvgIpc) is 2.54. The molecule has 1 amide bonds. The number of pyridine rings is 1. The van der Waals surface area contributed by atoms with E-state index in [9.17, 15) is 4.79 Å². The number of amides is 1. The summed E-state index contributed by atoms with van der Waals surface area (Å²) in [5.41, 5.74) is 0. The molecule has 22 heavy (non-hydrogen) atoms. The van der Waals surface area contributed by atoms with Gasteiger partial charge in [0.1, 0.15) is 5.82 Å². The molecule has 122 valence electrons. The van der Waals surface area contributed by atoms with Gasteiger partial charge in [-0.25, -0.2) is 4.98 Å². The summed E-state index contributed by atoms with van der Waals surface area (Å²) in [6.07, 6.45) is 6.62. The highest BCUT2D eigenvalue weighted by molar-refractivity contribution is 14.1. The minimum absolute atomic E-state index is 0.0617. The normalized spacial score (nSPS) is 21.4. The summed E-state index contributed by atoms with van der Waals surface area (Å²) in [6.45, 7) is 1.48. The highest BCUT2D eigenvalue weighted by Gasteiger charge is 2.22. The number of likely N-dealkylation sites (N-methyl/N-ethyl adjacent to an activating group) is 1. The lowest BCUT2D eigenvalue weighted by molar-refractivity contribution is -0.119. The summed E-state index contributed by atoms with van der Waals surface area (Å²) in [4.78, 5) is 18.0. The second-order valence-corrected chi connectivity index (χ2v) is 7.23. The summed E-state index contributed by atoms with van der Waals surface area (Å²) in [6, 6.07) is 4.66. The largest absolute Gasteiger partial charge is 0.359 e.